The Morgan fingerprint density at radius 1 is 1.10 bits per heavy atom. The smallest absolute Gasteiger partial charge is 0.399 e. The highest BCUT2D eigenvalue weighted by atomic mass is 16.7. The SMILES string of the molecule is Cc1cc(B2OC(C)(C)C(C)(C)O2)cc(-c2cc(C3(O)CCN(C)C3=O)on2)c1. The van der Waals surface area contributed by atoms with Gasteiger partial charge in [0.25, 0.3) is 5.91 Å². The van der Waals surface area contributed by atoms with Crippen LogP contribution in [0.1, 0.15) is 45.4 Å². The zero-order valence-corrected chi connectivity index (χ0v) is 17.8. The van der Waals surface area contributed by atoms with Crippen LogP contribution in [0.2, 0.25) is 0 Å². The average Bonchev–Trinajstić information content (AvgIpc) is 3.28. The van der Waals surface area contributed by atoms with Crippen molar-refractivity contribution in [3.63, 3.8) is 0 Å². The lowest BCUT2D eigenvalue weighted by Gasteiger charge is -2.32. The molecule has 0 spiro atoms. The molecule has 1 N–H and O–H groups in total. The van der Waals surface area contributed by atoms with E-state index in [1.54, 1.807) is 13.1 Å². The lowest BCUT2D eigenvalue weighted by Crippen LogP contribution is -2.41. The van der Waals surface area contributed by atoms with Crippen LogP contribution in [-0.4, -0.2) is 53.0 Å². The monoisotopic (exact) mass is 398 g/mol. The molecule has 1 aromatic carbocycles. The summed E-state index contributed by atoms with van der Waals surface area (Å²) in [5, 5.41) is 14.9. The van der Waals surface area contributed by atoms with E-state index < -0.39 is 23.9 Å². The third-order valence-corrected chi connectivity index (χ3v) is 6.35. The summed E-state index contributed by atoms with van der Waals surface area (Å²) in [5.41, 5.74) is 0.759. The number of likely N-dealkylation sites (tertiary alicyclic amines) is 1. The van der Waals surface area contributed by atoms with Gasteiger partial charge in [0.1, 0.15) is 5.69 Å². The van der Waals surface area contributed by atoms with Crippen LogP contribution in [0.3, 0.4) is 0 Å². The van der Waals surface area contributed by atoms with Crippen LogP contribution in [0.4, 0.5) is 0 Å². The first kappa shape index (κ1) is 20.1. The number of likely N-dealkylation sites (N-methyl/N-ethyl adjacent to an activating group) is 1. The summed E-state index contributed by atoms with van der Waals surface area (Å²) in [5.74, 6) is -0.206. The average molecular weight is 398 g/mol. The van der Waals surface area contributed by atoms with Crippen LogP contribution >= 0.6 is 0 Å². The number of carbonyl (C=O) groups excluding carboxylic acids is 1. The maximum Gasteiger partial charge on any atom is 0.494 e. The number of rotatable bonds is 3. The molecule has 3 heterocycles. The summed E-state index contributed by atoms with van der Waals surface area (Å²) in [7, 11) is 1.17. The van der Waals surface area contributed by atoms with Gasteiger partial charge in [-0.15, -0.1) is 0 Å². The fourth-order valence-corrected chi connectivity index (χ4v) is 3.76. The molecular formula is C21H27BN2O5. The van der Waals surface area contributed by atoms with Gasteiger partial charge in [0.2, 0.25) is 5.60 Å². The predicted octanol–water partition coefficient (Wildman–Crippen LogP) is 2.00. The Morgan fingerprint density at radius 2 is 1.76 bits per heavy atom. The summed E-state index contributed by atoms with van der Waals surface area (Å²) >= 11 is 0. The van der Waals surface area contributed by atoms with Crippen molar-refractivity contribution < 1.29 is 23.7 Å². The first-order valence-electron chi connectivity index (χ1n) is 9.86. The molecule has 2 saturated heterocycles. The summed E-state index contributed by atoms with van der Waals surface area (Å²) in [6.07, 6.45) is 0.282. The summed E-state index contributed by atoms with van der Waals surface area (Å²) < 4.78 is 17.7. The molecule has 2 fully saturated rings. The molecule has 7 nitrogen and oxygen atoms in total. The molecule has 1 unspecified atom stereocenters. The second-order valence-corrected chi connectivity index (χ2v) is 9.13. The lowest BCUT2D eigenvalue weighted by molar-refractivity contribution is -0.144. The molecule has 0 saturated carbocycles. The van der Waals surface area contributed by atoms with Gasteiger partial charge in [0.15, 0.2) is 5.76 Å². The number of hydrogen-bond donors (Lipinski definition) is 1. The molecule has 0 aliphatic carbocycles. The number of aryl methyl sites for hydroxylation is 1. The Morgan fingerprint density at radius 3 is 2.34 bits per heavy atom. The van der Waals surface area contributed by atoms with E-state index in [2.05, 4.69) is 5.16 Å². The fourth-order valence-electron chi connectivity index (χ4n) is 3.76. The third kappa shape index (κ3) is 3.19. The summed E-state index contributed by atoms with van der Waals surface area (Å²) in [6.45, 7) is 10.5. The van der Waals surface area contributed by atoms with E-state index in [1.165, 1.54) is 4.90 Å². The van der Waals surface area contributed by atoms with E-state index in [4.69, 9.17) is 13.8 Å². The second-order valence-electron chi connectivity index (χ2n) is 9.13. The molecule has 4 rings (SSSR count). The van der Waals surface area contributed by atoms with Gasteiger partial charge >= 0.3 is 7.12 Å². The molecule has 154 valence electrons. The quantitative estimate of drug-likeness (QED) is 0.797. The molecular weight excluding hydrogens is 371 g/mol. The first-order chi connectivity index (χ1) is 13.4. The molecule has 0 radical (unpaired) electrons. The Hall–Kier alpha value is -2.16. The highest BCUT2D eigenvalue weighted by Gasteiger charge is 2.52. The minimum Gasteiger partial charge on any atom is -0.399 e. The largest absolute Gasteiger partial charge is 0.494 e. The van der Waals surface area contributed by atoms with Crippen molar-refractivity contribution in [1.82, 2.24) is 10.1 Å². The standard InChI is InChI=1S/C21H27BN2O5/c1-13-9-14(11-15(10-13)22-28-19(2,3)20(4,5)29-22)16-12-17(27-23-16)21(26)7-8-24(6)18(21)25/h9-12,26H,7-8H2,1-6H3. The van der Waals surface area contributed by atoms with Gasteiger partial charge < -0.3 is 23.8 Å². The Balaban J connectivity index is 1.66. The van der Waals surface area contributed by atoms with Gasteiger partial charge in [-0.25, -0.2) is 0 Å². The lowest BCUT2D eigenvalue weighted by atomic mass is 9.77. The van der Waals surface area contributed by atoms with E-state index in [0.29, 0.717) is 12.2 Å². The van der Waals surface area contributed by atoms with Crippen molar-refractivity contribution in [3.05, 3.63) is 35.6 Å². The van der Waals surface area contributed by atoms with Crippen molar-refractivity contribution in [2.75, 3.05) is 13.6 Å². The Labute approximate surface area is 171 Å². The minimum atomic E-state index is -1.65. The molecule has 8 heteroatoms. The van der Waals surface area contributed by atoms with Crippen LogP contribution in [-0.2, 0) is 19.7 Å². The molecule has 0 bridgehead atoms. The predicted molar refractivity (Wildman–Crippen MR) is 109 cm³/mol. The van der Waals surface area contributed by atoms with Crippen LogP contribution < -0.4 is 5.46 Å². The maximum atomic E-state index is 12.3. The summed E-state index contributed by atoms with van der Waals surface area (Å²) in [6, 6.07) is 7.59. The van der Waals surface area contributed by atoms with E-state index >= 15 is 0 Å². The maximum absolute atomic E-state index is 12.3. The van der Waals surface area contributed by atoms with Crippen LogP contribution in [0.15, 0.2) is 28.8 Å². The van der Waals surface area contributed by atoms with Crippen molar-refractivity contribution in [3.8, 4) is 11.3 Å². The van der Waals surface area contributed by atoms with Gasteiger partial charge in [-0.05, 0) is 46.1 Å². The molecule has 2 aliphatic rings. The van der Waals surface area contributed by atoms with Crippen LogP contribution in [0.25, 0.3) is 11.3 Å². The van der Waals surface area contributed by atoms with E-state index in [1.807, 2.05) is 52.8 Å². The van der Waals surface area contributed by atoms with Gasteiger partial charge in [0.05, 0.1) is 11.2 Å². The minimum absolute atomic E-state index is 0.167. The van der Waals surface area contributed by atoms with Crippen LogP contribution in [0.5, 0.6) is 0 Å². The number of aromatic nitrogens is 1. The second kappa shape index (κ2) is 6.42. The topological polar surface area (TPSA) is 85.0 Å². The molecule has 2 aliphatic heterocycles. The zero-order valence-electron chi connectivity index (χ0n) is 17.8. The van der Waals surface area contributed by atoms with Crippen molar-refractivity contribution in [2.24, 2.45) is 0 Å². The fraction of sp³-hybridized carbons (Fsp3) is 0.524. The number of hydrogen-bond acceptors (Lipinski definition) is 6. The normalized spacial score (nSPS) is 25.8. The zero-order chi connectivity index (χ0) is 21.2. The van der Waals surface area contributed by atoms with Crippen LogP contribution in [0, 0.1) is 6.92 Å². The molecule has 29 heavy (non-hydrogen) atoms. The molecule has 1 amide bonds. The van der Waals surface area contributed by atoms with E-state index in [-0.39, 0.29) is 18.1 Å². The number of carbonyl (C=O) groups is 1. The van der Waals surface area contributed by atoms with Gasteiger partial charge in [0, 0.05) is 31.6 Å². The van der Waals surface area contributed by atoms with E-state index in [9.17, 15) is 9.90 Å². The third-order valence-electron chi connectivity index (χ3n) is 6.35. The van der Waals surface area contributed by atoms with Crippen molar-refractivity contribution >= 4 is 18.5 Å². The molecule has 1 atom stereocenters. The summed E-state index contributed by atoms with van der Waals surface area (Å²) in [4.78, 5) is 13.8. The van der Waals surface area contributed by atoms with Gasteiger partial charge in [-0.2, -0.15) is 0 Å². The van der Waals surface area contributed by atoms with Gasteiger partial charge in [-0.3, -0.25) is 4.79 Å². The Bertz CT molecular complexity index is 954. The van der Waals surface area contributed by atoms with Crippen molar-refractivity contribution in [1.29, 1.82) is 0 Å². The van der Waals surface area contributed by atoms with Crippen molar-refractivity contribution in [2.45, 2.75) is 57.8 Å². The first-order valence-corrected chi connectivity index (χ1v) is 9.86. The Kier molecular flexibility index (Phi) is 4.46. The molecule has 2 aromatic rings. The highest BCUT2D eigenvalue weighted by Crippen LogP contribution is 2.37. The molecule has 1 aromatic heterocycles. The number of amides is 1. The van der Waals surface area contributed by atoms with Gasteiger partial charge in [-0.1, -0.05) is 22.9 Å². The van der Waals surface area contributed by atoms with E-state index in [0.717, 1.165) is 16.6 Å². The highest BCUT2D eigenvalue weighted by molar-refractivity contribution is 6.62. The number of nitrogens with zero attached hydrogens (tertiary/aromatic N) is 2. The number of benzene rings is 1. The number of aliphatic hydroxyl groups is 1.